The molecule has 6 atom stereocenters. The van der Waals surface area contributed by atoms with E-state index in [4.69, 9.17) is 18.5 Å². The quantitative estimate of drug-likeness (QED) is 0.453. The molecule has 8 nitrogen and oxygen atoms in total. The van der Waals surface area contributed by atoms with Crippen molar-refractivity contribution in [3.05, 3.63) is 30.3 Å². The summed E-state index contributed by atoms with van der Waals surface area (Å²) in [5.74, 6) is -0.396. The first-order valence-corrected chi connectivity index (χ1v) is 11.0. The highest BCUT2D eigenvalue weighted by Crippen LogP contribution is 2.46. The predicted octanol–water partition coefficient (Wildman–Crippen LogP) is 3.00. The number of ether oxygens (including phenoxy) is 2. The summed E-state index contributed by atoms with van der Waals surface area (Å²) in [4.78, 5) is 12.1. The molecule has 0 saturated carbocycles. The van der Waals surface area contributed by atoms with Crippen LogP contribution < -0.4 is 9.61 Å². The van der Waals surface area contributed by atoms with Gasteiger partial charge in [0.2, 0.25) is 0 Å². The number of para-hydroxylation sites is 1. The van der Waals surface area contributed by atoms with Crippen molar-refractivity contribution in [1.82, 2.24) is 5.09 Å². The fourth-order valence-corrected chi connectivity index (χ4v) is 4.21. The highest BCUT2D eigenvalue weighted by Gasteiger charge is 2.52. The standard InChI is InChI=1S/C19H29FNO7P/c1-12(2)26-18(23)13(3)21-29(24,28-15-9-7-6-8-10-15)25-11-16-17(22)19(5,20)14(4)27-16/h6-10,12-14,16-17,22H,11H2,1-5H3,(H,21,24)/t13-,14?,16+,17+,19-,29-/m0/s1. The van der Waals surface area contributed by atoms with E-state index in [1.54, 1.807) is 44.2 Å². The van der Waals surface area contributed by atoms with Crippen molar-refractivity contribution in [2.75, 3.05) is 6.61 Å². The number of carbonyl (C=O) groups excluding carboxylic acids is 1. The summed E-state index contributed by atoms with van der Waals surface area (Å²) in [5.41, 5.74) is -1.97. The minimum Gasteiger partial charge on any atom is -0.462 e. The van der Waals surface area contributed by atoms with Crippen molar-refractivity contribution in [1.29, 1.82) is 0 Å². The summed E-state index contributed by atoms with van der Waals surface area (Å²) in [6.07, 6.45) is -3.74. The van der Waals surface area contributed by atoms with Crippen molar-refractivity contribution < 1.29 is 37.4 Å². The summed E-state index contributed by atoms with van der Waals surface area (Å²) in [6.45, 7) is 7.14. The van der Waals surface area contributed by atoms with E-state index in [0.29, 0.717) is 0 Å². The van der Waals surface area contributed by atoms with Crippen LogP contribution in [0.4, 0.5) is 4.39 Å². The number of esters is 1. The Balaban J connectivity index is 2.12. The van der Waals surface area contributed by atoms with Gasteiger partial charge in [-0.25, -0.2) is 8.96 Å². The number of aliphatic hydroxyl groups excluding tert-OH is 1. The third kappa shape index (κ3) is 6.23. The summed E-state index contributed by atoms with van der Waals surface area (Å²) in [5, 5.41) is 12.7. The number of hydrogen-bond acceptors (Lipinski definition) is 7. The minimum absolute atomic E-state index is 0.240. The molecule has 2 N–H and O–H groups in total. The minimum atomic E-state index is -4.10. The number of nitrogens with one attached hydrogen (secondary N) is 1. The molecule has 1 heterocycles. The lowest BCUT2D eigenvalue weighted by Gasteiger charge is -2.25. The van der Waals surface area contributed by atoms with E-state index in [1.807, 2.05) is 0 Å². The van der Waals surface area contributed by atoms with Crippen LogP contribution >= 0.6 is 7.75 Å². The molecule has 0 aliphatic carbocycles. The zero-order chi connectivity index (χ0) is 21.8. The third-order valence-corrected chi connectivity index (χ3v) is 6.18. The Hall–Kier alpha value is -1.51. The third-order valence-electron chi connectivity index (χ3n) is 4.54. The Labute approximate surface area is 170 Å². The van der Waals surface area contributed by atoms with Gasteiger partial charge in [0.1, 0.15) is 24.0 Å². The summed E-state index contributed by atoms with van der Waals surface area (Å²) >= 11 is 0. The number of hydrogen-bond donors (Lipinski definition) is 2. The Morgan fingerprint density at radius 1 is 1.34 bits per heavy atom. The SMILES string of the molecule is CC(C)OC(=O)[C@H](C)N[P@](=O)(OC[C@H]1OC(C)[C@](C)(F)[C@@H]1O)Oc1ccccc1. The van der Waals surface area contributed by atoms with Crippen LogP contribution in [-0.4, -0.2) is 53.8 Å². The molecule has 0 spiro atoms. The van der Waals surface area contributed by atoms with Gasteiger partial charge in [0.05, 0.1) is 18.8 Å². The van der Waals surface area contributed by atoms with Gasteiger partial charge >= 0.3 is 13.7 Å². The van der Waals surface area contributed by atoms with Crippen molar-refractivity contribution in [3.63, 3.8) is 0 Å². The van der Waals surface area contributed by atoms with Crippen molar-refractivity contribution in [2.45, 2.75) is 70.7 Å². The molecule has 0 aromatic heterocycles. The zero-order valence-corrected chi connectivity index (χ0v) is 18.1. The first kappa shape index (κ1) is 23.8. The molecule has 1 saturated heterocycles. The molecule has 1 unspecified atom stereocenters. The average molecular weight is 433 g/mol. The molecule has 2 rings (SSSR count). The maximum atomic E-state index is 14.4. The molecule has 10 heteroatoms. The molecule has 1 aliphatic heterocycles. The molecule has 164 valence electrons. The van der Waals surface area contributed by atoms with Crippen LogP contribution in [0.5, 0.6) is 5.75 Å². The van der Waals surface area contributed by atoms with Gasteiger partial charge in [-0.1, -0.05) is 18.2 Å². The fraction of sp³-hybridized carbons (Fsp3) is 0.632. The summed E-state index contributed by atoms with van der Waals surface area (Å²) < 4.78 is 49.1. The number of halogens is 1. The van der Waals surface area contributed by atoms with E-state index in [0.717, 1.165) is 0 Å². The number of aliphatic hydroxyl groups is 1. The monoisotopic (exact) mass is 433 g/mol. The molecule has 1 aromatic rings. The lowest BCUT2D eigenvalue weighted by molar-refractivity contribution is -0.149. The second-order valence-corrected chi connectivity index (χ2v) is 9.14. The van der Waals surface area contributed by atoms with Gasteiger partial charge < -0.3 is 19.1 Å². The topological polar surface area (TPSA) is 103 Å². The molecule has 0 bridgehead atoms. The Morgan fingerprint density at radius 2 is 1.97 bits per heavy atom. The largest absolute Gasteiger partial charge is 0.462 e. The van der Waals surface area contributed by atoms with Crippen molar-refractivity contribution in [2.24, 2.45) is 0 Å². The Morgan fingerprint density at radius 3 is 2.48 bits per heavy atom. The molecule has 29 heavy (non-hydrogen) atoms. The first-order valence-electron chi connectivity index (χ1n) is 9.44. The van der Waals surface area contributed by atoms with Crippen LogP contribution in [0.25, 0.3) is 0 Å². The molecule has 1 aliphatic rings. The lowest BCUT2D eigenvalue weighted by atomic mass is 9.96. The predicted molar refractivity (Wildman–Crippen MR) is 104 cm³/mol. The molecular formula is C19H29FNO7P. The second-order valence-electron chi connectivity index (χ2n) is 7.45. The van der Waals surface area contributed by atoms with Crippen LogP contribution in [0.1, 0.15) is 34.6 Å². The lowest BCUT2D eigenvalue weighted by Crippen LogP contribution is -2.41. The number of rotatable bonds is 9. The molecule has 0 radical (unpaired) electrons. The van der Waals surface area contributed by atoms with Gasteiger partial charge in [0.25, 0.3) is 0 Å². The van der Waals surface area contributed by atoms with Gasteiger partial charge in [-0.2, -0.15) is 5.09 Å². The Bertz CT molecular complexity index is 731. The number of carbonyl (C=O) groups is 1. The maximum absolute atomic E-state index is 14.4. The highest BCUT2D eigenvalue weighted by atomic mass is 31.2. The van der Waals surface area contributed by atoms with Crippen LogP contribution in [0.2, 0.25) is 0 Å². The van der Waals surface area contributed by atoms with Crippen LogP contribution in [0.15, 0.2) is 30.3 Å². The van der Waals surface area contributed by atoms with E-state index in [2.05, 4.69) is 5.09 Å². The van der Waals surface area contributed by atoms with E-state index in [9.17, 15) is 18.9 Å². The van der Waals surface area contributed by atoms with Gasteiger partial charge in [-0.3, -0.25) is 9.32 Å². The van der Waals surface area contributed by atoms with E-state index >= 15 is 0 Å². The second kappa shape index (κ2) is 9.53. The number of benzene rings is 1. The van der Waals surface area contributed by atoms with Crippen LogP contribution in [-0.2, 0) is 23.4 Å². The van der Waals surface area contributed by atoms with E-state index < -0.39 is 50.3 Å². The molecular weight excluding hydrogens is 404 g/mol. The van der Waals surface area contributed by atoms with Crippen molar-refractivity contribution in [3.8, 4) is 5.75 Å². The van der Waals surface area contributed by atoms with Crippen LogP contribution in [0.3, 0.4) is 0 Å². The van der Waals surface area contributed by atoms with E-state index in [-0.39, 0.29) is 11.9 Å². The van der Waals surface area contributed by atoms with Gasteiger partial charge in [-0.15, -0.1) is 0 Å². The zero-order valence-electron chi connectivity index (χ0n) is 17.2. The summed E-state index contributed by atoms with van der Waals surface area (Å²) in [6, 6.07) is 7.23. The number of alkyl halides is 1. The Kier molecular flexibility index (Phi) is 7.81. The average Bonchev–Trinajstić information content (AvgIpc) is 2.83. The van der Waals surface area contributed by atoms with E-state index in [1.165, 1.54) is 20.8 Å². The van der Waals surface area contributed by atoms with Gasteiger partial charge in [0.15, 0.2) is 5.67 Å². The normalized spacial score (nSPS) is 30.0. The first-order chi connectivity index (χ1) is 13.4. The maximum Gasteiger partial charge on any atom is 0.459 e. The molecule has 0 amide bonds. The van der Waals surface area contributed by atoms with Crippen LogP contribution in [0, 0.1) is 0 Å². The van der Waals surface area contributed by atoms with Gasteiger partial charge in [-0.05, 0) is 46.8 Å². The highest BCUT2D eigenvalue weighted by molar-refractivity contribution is 7.52. The fourth-order valence-electron chi connectivity index (χ4n) is 2.71. The van der Waals surface area contributed by atoms with Gasteiger partial charge in [0, 0.05) is 0 Å². The smallest absolute Gasteiger partial charge is 0.459 e. The van der Waals surface area contributed by atoms with Crippen molar-refractivity contribution >= 4 is 13.7 Å². The summed E-state index contributed by atoms with van der Waals surface area (Å²) in [7, 11) is -4.10. The molecule has 1 aromatic carbocycles. The molecule has 1 fully saturated rings.